The predicted octanol–water partition coefficient (Wildman–Crippen LogP) is 4.46. The zero-order chi connectivity index (χ0) is 25.7. The molecule has 0 aliphatic rings. The molecule has 2 aromatic heterocycles. The van der Waals surface area contributed by atoms with E-state index in [1.54, 1.807) is 30.7 Å². The van der Waals surface area contributed by atoms with Crippen LogP contribution in [0.4, 0.5) is 18.9 Å². The molecule has 0 spiro atoms. The molecular weight excluding hydrogens is 475 g/mol. The number of halogens is 3. The Hall–Kier alpha value is -4.41. The zero-order valence-electron chi connectivity index (χ0n) is 19.2. The molecule has 0 fully saturated rings. The lowest BCUT2D eigenvalue weighted by atomic mass is 10.1. The number of alkyl halides is 3. The molecule has 0 radical (unpaired) electrons. The molecule has 0 aliphatic carbocycles. The lowest BCUT2D eigenvalue weighted by Gasteiger charge is -2.12. The molecule has 0 aliphatic heterocycles. The summed E-state index contributed by atoms with van der Waals surface area (Å²) in [5, 5.41) is 5.42. The van der Waals surface area contributed by atoms with Gasteiger partial charge in [-0.2, -0.15) is 0 Å². The molecule has 2 N–H and O–H groups in total. The van der Waals surface area contributed by atoms with Crippen molar-refractivity contribution in [3.05, 3.63) is 83.9 Å². The minimum atomic E-state index is -4.81. The number of nitrogens with zero attached hydrogens (tertiary/aromatic N) is 3. The molecule has 4 aromatic rings. The molecule has 2 aromatic carbocycles. The highest BCUT2D eigenvalue weighted by molar-refractivity contribution is 6.05. The van der Waals surface area contributed by atoms with Crippen molar-refractivity contribution >= 4 is 28.5 Å². The third-order valence-corrected chi connectivity index (χ3v) is 5.21. The summed E-state index contributed by atoms with van der Waals surface area (Å²) in [5.41, 5.74) is 3.16. The smallest absolute Gasteiger partial charge is 0.406 e. The number of fused-ring (bicyclic) bond motifs is 1. The van der Waals surface area contributed by atoms with Crippen LogP contribution in [0, 0.1) is 0 Å². The number of imidazole rings is 1. The van der Waals surface area contributed by atoms with Gasteiger partial charge < -0.3 is 19.9 Å². The summed E-state index contributed by atoms with van der Waals surface area (Å²) >= 11 is 0. The topological polar surface area (TPSA) is 98.1 Å². The molecular formula is C25H22F3N5O3. The second kappa shape index (κ2) is 10.5. The van der Waals surface area contributed by atoms with Crippen LogP contribution in [0.15, 0.2) is 67.1 Å². The normalized spacial score (nSPS) is 11.3. The summed E-state index contributed by atoms with van der Waals surface area (Å²) < 4.78 is 43.2. The molecule has 0 saturated carbocycles. The molecule has 11 heteroatoms. The Kier molecular flexibility index (Phi) is 7.18. The fourth-order valence-corrected chi connectivity index (χ4v) is 3.71. The Bertz CT molecular complexity index is 1390. The van der Waals surface area contributed by atoms with Gasteiger partial charge in [-0.3, -0.25) is 14.6 Å². The van der Waals surface area contributed by atoms with Crippen LogP contribution >= 0.6 is 0 Å². The third-order valence-electron chi connectivity index (χ3n) is 5.21. The van der Waals surface area contributed by atoms with Gasteiger partial charge in [-0.05, 0) is 42.0 Å². The van der Waals surface area contributed by atoms with Gasteiger partial charge in [0.05, 0.1) is 23.0 Å². The summed E-state index contributed by atoms with van der Waals surface area (Å²) in [6.07, 6.45) is -0.815. The third kappa shape index (κ3) is 6.38. The number of aromatic nitrogens is 3. The van der Waals surface area contributed by atoms with E-state index in [4.69, 9.17) is 0 Å². The number of amides is 2. The highest BCUT2D eigenvalue weighted by Crippen LogP contribution is 2.26. The standard InChI is InChI=1S/C25H22F3N5O3/c1-16(34)32-22-13-18(24(35)30-14-17-5-4-7-20(11-17)36-25(26,27)28)12-21-23(22)33(15-31-21)10-8-19-6-2-3-9-29-19/h2-7,9,11-13,15H,8,10,14H2,1H3,(H,30,35)(H,32,34). The van der Waals surface area contributed by atoms with E-state index in [9.17, 15) is 22.8 Å². The minimum Gasteiger partial charge on any atom is -0.406 e. The summed E-state index contributed by atoms with van der Waals surface area (Å²) in [6.45, 7) is 1.89. The first-order valence-electron chi connectivity index (χ1n) is 11.0. The molecule has 4 rings (SSSR count). The van der Waals surface area contributed by atoms with Crippen LogP contribution in [0.1, 0.15) is 28.5 Å². The Balaban J connectivity index is 1.53. The number of benzene rings is 2. The highest BCUT2D eigenvalue weighted by Gasteiger charge is 2.31. The van der Waals surface area contributed by atoms with Crippen LogP contribution in [-0.2, 0) is 24.3 Å². The van der Waals surface area contributed by atoms with Crippen LogP contribution in [0.5, 0.6) is 5.75 Å². The van der Waals surface area contributed by atoms with Crippen LogP contribution in [-0.4, -0.2) is 32.7 Å². The monoisotopic (exact) mass is 497 g/mol. The lowest BCUT2D eigenvalue weighted by molar-refractivity contribution is -0.274. The summed E-state index contributed by atoms with van der Waals surface area (Å²) in [4.78, 5) is 33.4. The summed E-state index contributed by atoms with van der Waals surface area (Å²) in [7, 11) is 0. The number of pyridine rings is 1. The molecule has 36 heavy (non-hydrogen) atoms. The fourth-order valence-electron chi connectivity index (χ4n) is 3.71. The number of anilines is 1. The predicted molar refractivity (Wildman–Crippen MR) is 126 cm³/mol. The van der Waals surface area contributed by atoms with Gasteiger partial charge in [0.2, 0.25) is 5.91 Å². The maximum atomic E-state index is 12.9. The summed E-state index contributed by atoms with van der Waals surface area (Å²) in [5.74, 6) is -1.17. The number of ether oxygens (including phenoxy) is 1. The lowest BCUT2D eigenvalue weighted by Crippen LogP contribution is -2.23. The van der Waals surface area contributed by atoms with Crippen molar-refractivity contribution in [2.75, 3.05) is 5.32 Å². The Morgan fingerprint density at radius 1 is 1.06 bits per heavy atom. The van der Waals surface area contributed by atoms with Gasteiger partial charge in [-0.15, -0.1) is 13.2 Å². The first kappa shape index (κ1) is 24.7. The number of carbonyl (C=O) groups excluding carboxylic acids is 2. The Morgan fingerprint density at radius 2 is 1.89 bits per heavy atom. The fraction of sp³-hybridized carbons (Fsp3) is 0.200. The van der Waals surface area contributed by atoms with E-state index in [0.29, 0.717) is 35.2 Å². The van der Waals surface area contributed by atoms with E-state index in [1.807, 2.05) is 22.8 Å². The van der Waals surface area contributed by atoms with Crippen molar-refractivity contribution in [2.45, 2.75) is 32.8 Å². The van der Waals surface area contributed by atoms with Crippen molar-refractivity contribution in [1.82, 2.24) is 19.9 Å². The van der Waals surface area contributed by atoms with Crippen molar-refractivity contribution in [3.8, 4) is 5.75 Å². The van der Waals surface area contributed by atoms with E-state index in [-0.39, 0.29) is 23.8 Å². The molecule has 0 atom stereocenters. The molecule has 0 unspecified atom stereocenters. The van der Waals surface area contributed by atoms with Crippen molar-refractivity contribution < 1.29 is 27.5 Å². The molecule has 0 saturated heterocycles. The van der Waals surface area contributed by atoms with Gasteiger partial charge in [0.1, 0.15) is 5.75 Å². The van der Waals surface area contributed by atoms with E-state index in [1.165, 1.54) is 25.1 Å². The van der Waals surface area contributed by atoms with E-state index in [0.717, 1.165) is 5.69 Å². The average Bonchev–Trinajstić information content (AvgIpc) is 3.24. The largest absolute Gasteiger partial charge is 0.573 e. The number of aryl methyl sites for hydroxylation is 2. The number of hydrogen-bond acceptors (Lipinski definition) is 5. The van der Waals surface area contributed by atoms with Gasteiger partial charge >= 0.3 is 6.36 Å². The molecule has 186 valence electrons. The number of carbonyl (C=O) groups is 2. The van der Waals surface area contributed by atoms with Crippen molar-refractivity contribution in [1.29, 1.82) is 0 Å². The molecule has 0 bridgehead atoms. The molecule has 8 nitrogen and oxygen atoms in total. The highest BCUT2D eigenvalue weighted by atomic mass is 19.4. The maximum Gasteiger partial charge on any atom is 0.573 e. The van der Waals surface area contributed by atoms with Gasteiger partial charge in [-0.25, -0.2) is 4.98 Å². The van der Waals surface area contributed by atoms with Gasteiger partial charge in [0, 0.05) is 43.9 Å². The Labute approximate surface area is 204 Å². The first-order chi connectivity index (χ1) is 17.2. The Morgan fingerprint density at radius 3 is 2.61 bits per heavy atom. The maximum absolute atomic E-state index is 12.9. The quantitative estimate of drug-likeness (QED) is 0.375. The van der Waals surface area contributed by atoms with E-state index < -0.39 is 12.3 Å². The molecule has 2 heterocycles. The molecule has 2 amide bonds. The minimum absolute atomic E-state index is 0.0279. The van der Waals surface area contributed by atoms with Crippen molar-refractivity contribution in [2.24, 2.45) is 0 Å². The van der Waals surface area contributed by atoms with Crippen LogP contribution in [0.2, 0.25) is 0 Å². The average molecular weight is 497 g/mol. The van der Waals surface area contributed by atoms with E-state index in [2.05, 4.69) is 25.3 Å². The number of rotatable bonds is 8. The second-order valence-corrected chi connectivity index (χ2v) is 7.96. The number of nitrogens with one attached hydrogen (secondary N) is 2. The van der Waals surface area contributed by atoms with Gasteiger partial charge in [-0.1, -0.05) is 18.2 Å². The number of hydrogen-bond donors (Lipinski definition) is 2. The van der Waals surface area contributed by atoms with Crippen LogP contribution in [0.25, 0.3) is 11.0 Å². The van der Waals surface area contributed by atoms with Gasteiger partial charge in [0.15, 0.2) is 0 Å². The SMILES string of the molecule is CC(=O)Nc1cc(C(=O)NCc2cccc(OC(F)(F)F)c2)cc2ncn(CCc3ccccn3)c12. The van der Waals surface area contributed by atoms with Gasteiger partial charge in [0.25, 0.3) is 5.91 Å². The first-order valence-corrected chi connectivity index (χ1v) is 11.0. The van der Waals surface area contributed by atoms with E-state index >= 15 is 0 Å². The zero-order valence-corrected chi connectivity index (χ0v) is 19.2. The van der Waals surface area contributed by atoms with Crippen LogP contribution < -0.4 is 15.4 Å². The van der Waals surface area contributed by atoms with Crippen molar-refractivity contribution in [3.63, 3.8) is 0 Å². The summed E-state index contributed by atoms with van der Waals surface area (Å²) in [6, 6.07) is 14.1. The second-order valence-electron chi connectivity index (χ2n) is 7.96. The van der Waals surface area contributed by atoms with Crippen LogP contribution in [0.3, 0.4) is 0 Å².